The largest absolute Gasteiger partial charge is 0.449 e. The van der Waals surface area contributed by atoms with Crippen LogP contribution >= 0.6 is 0 Å². The number of anilines is 1. The third-order valence-corrected chi connectivity index (χ3v) is 8.97. The van der Waals surface area contributed by atoms with Crippen LogP contribution in [0.4, 0.5) is 10.6 Å². The topological polar surface area (TPSA) is 162 Å². The Morgan fingerprint density at radius 1 is 1.02 bits per heavy atom. The van der Waals surface area contributed by atoms with Gasteiger partial charge in [0.25, 0.3) is 5.91 Å². The number of fused-ring (bicyclic) bond motifs is 1. The number of nitrogens with one attached hydrogen (secondary N) is 2. The van der Waals surface area contributed by atoms with E-state index in [1.165, 1.54) is 0 Å². The number of H-pyrrole nitrogens is 1. The van der Waals surface area contributed by atoms with Crippen LogP contribution in [0.25, 0.3) is 11.4 Å². The number of rotatable bonds is 10. The summed E-state index contributed by atoms with van der Waals surface area (Å²) < 4.78 is 5.33. The van der Waals surface area contributed by atoms with Crippen LogP contribution in [0.5, 0.6) is 0 Å². The number of carbonyl (C=O) groups excluding carboxylic acids is 3. The minimum atomic E-state index is -0.755. The smallest absolute Gasteiger partial charge is 0.409 e. The van der Waals surface area contributed by atoms with Crippen LogP contribution in [0.2, 0.25) is 0 Å². The number of benzene rings is 1. The summed E-state index contributed by atoms with van der Waals surface area (Å²) in [5.41, 5.74) is 0.999. The molecule has 2 saturated heterocycles. The zero-order chi connectivity index (χ0) is 31.5. The van der Waals surface area contributed by atoms with E-state index in [4.69, 9.17) is 9.72 Å². The van der Waals surface area contributed by atoms with Crippen molar-refractivity contribution in [2.24, 2.45) is 17.8 Å². The summed E-state index contributed by atoms with van der Waals surface area (Å²) in [5.74, 6) is 2.28. The van der Waals surface area contributed by atoms with E-state index in [2.05, 4.69) is 35.8 Å². The van der Waals surface area contributed by atoms with Crippen molar-refractivity contribution in [1.82, 2.24) is 45.7 Å². The lowest BCUT2D eigenvalue weighted by atomic mass is 10.0. The van der Waals surface area contributed by atoms with E-state index >= 15 is 0 Å². The van der Waals surface area contributed by atoms with Crippen molar-refractivity contribution in [2.45, 2.75) is 45.6 Å². The number of hydrogen-bond donors (Lipinski definition) is 2. The molecule has 1 aromatic carbocycles. The molecule has 3 fully saturated rings. The van der Waals surface area contributed by atoms with Crippen molar-refractivity contribution in [3.63, 3.8) is 0 Å². The van der Waals surface area contributed by atoms with Gasteiger partial charge in [0, 0.05) is 56.8 Å². The number of piperidine rings is 1. The molecule has 0 unspecified atom stereocenters. The number of hydrogen-bond acceptors (Lipinski definition) is 10. The zero-order valence-electron chi connectivity index (χ0n) is 25.9. The molecule has 6 rings (SSSR count). The Morgan fingerprint density at radius 2 is 1.73 bits per heavy atom. The maximum atomic E-state index is 13.8. The van der Waals surface area contributed by atoms with Crippen LogP contribution < -0.4 is 10.2 Å². The van der Waals surface area contributed by atoms with Crippen molar-refractivity contribution in [1.29, 1.82) is 0 Å². The van der Waals surface area contributed by atoms with Crippen LogP contribution in [0.15, 0.2) is 36.4 Å². The normalized spacial score (nSPS) is 21.4. The highest BCUT2D eigenvalue weighted by Crippen LogP contribution is 2.57. The second-order valence-electron chi connectivity index (χ2n) is 12.3. The molecule has 4 atom stereocenters. The lowest BCUT2D eigenvalue weighted by molar-refractivity contribution is -0.135. The first kappa shape index (κ1) is 30.4. The number of amides is 3. The van der Waals surface area contributed by atoms with Gasteiger partial charge in [-0.1, -0.05) is 57.5 Å². The van der Waals surface area contributed by atoms with Gasteiger partial charge in [-0.3, -0.25) is 9.59 Å². The molecular weight excluding hydrogens is 576 g/mol. The molecule has 45 heavy (non-hydrogen) atoms. The van der Waals surface area contributed by atoms with Gasteiger partial charge >= 0.3 is 6.09 Å². The Balaban J connectivity index is 1.15. The van der Waals surface area contributed by atoms with Crippen molar-refractivity contribution < 1.29 is 19.1 Å². The molecule has 3 amide bonds. The highest BCUT2D eigenvalue weighted by molar-refractivity contribution is 5.97. The highest BCUT2D eigenvalue weighted by atomic mass is 16.6. The summed E-state index contributed by atoms with van der Waals surface area (Å²) in [5, 5.41) is 17.4. The monoisotopic (exact) mass is 616 g/mol. The predicted molar refractivity (Wildman–Crippen MR) is 164 cm³/mol. The summed E-state index contributed by atoms with van der Waals surface area (Å²) in [7, 11) is 0. The van der Waals surface area contributed by atoms with Crippen molar-refractivity contribution in [3.05, 3.63) is 47.9 Å². The molecule has 14 nitrogen and oxygen atoms in total. The number of unbranched alkanes of at least 4 members (excludes halogenated alkanes) is 1. The van der Waals surface area contributed by atoms with Crippen LogP contribution in [-0.4, -0.2) is 110 Å². The molecule has 0 bridgehead atoms. The molecular formula is C31H40N10O4. The minimum absolute atomic E-state index is 0.165. The summed E-state index contributed by atoms with van der Waals surface area (Å²) >= 11 is 0. The Kier molecular flexibility index (Phi) is 8.90. The van der Waals surface area contributed by atoms with Gasteiger partial charge in [0.05, 0.1) is 6.61 Å². The van der Waals surface area contributed by atoms with E-state index in [1.807, 2.05) is 51.1 Å². The first-order valence-corrected chi connectivity index (χ1v) is 15.8. The number of carbonyl (C=O) groups is 3. The van der Waals surface area contributed by atoms with Crippen LogP contribution in [-0.2, 0) is 9.53 Å². The van der Waals surface area contributed by atoms with Gasteiger partial charge in [-0.15, -0.1) is 5.10 Å². The number of aromatic nitrogens is 6. The zero-order valence-corrected chi connectivity index (χ0v) is 25.9. The molecule has 4 heterocycles. The van der Waals surface area contributed by atoms with E-state index in [0.29, 0.717) is 62.2 Å². The van der Waals surface area contributed by atoms with E-state index in [-0.39, 0.29) is 23.6 Å². The molecule has 0 spiro atoms. The fourth-order valence-corrected chi connectivity index (χ4v) is 6.29. The van der Waals surface area contributed by atoms with Gasteiger partial charge in [0.1, 0.15) is 17.6 Å². The molecule has 238 valence electrons. The van der Waals surface area contributed by atoms with Gasteiger partial charge < -0.3 is 24.8 Å². The molecule has 3 aromatic rings. The molecule has 2 aliphatic heterocycles. The summed E-state index contributed by atoms with van der Waals surface area (Å²) in [6.45, 7) is 9.31. The average Bonchev–Trinajstić information content (AvgIpc) is 3.40. The van der Waals surface area contributed by atoms with Crippen LogP contribution in [0.1, 0.15) is 55.8 Å². The van der Waals surface area contributed by atoms with Gasteiger partial charge in [-0.2, -0.15) is 0 Å². The molecule has 1 saturated carbocycles. The van der Waals surface area contributed by atoms with Crippen molar-refractivity contribution in [3.8, 4) is 11.4 Å². The molecule has 2 N–H and O–H groups in total. The maximum absolute atomic E-state index is 13.8. The van der Waals surface area contributed by atoms with E-state index < -0.39 is 11.9 Å². The third-order valence-electron chi connectivity index (χ3n) is 8.97. The number of piperazine rings is 1. The second-order valence-corrected chi connectivity index (χ2v) is 12.3. The Bertz CT molecular complexity index is 1480. The second kappa shape index (κ2) is 13.2. The van der Waals surface area contributed by atoms with Crippen LogP contribution in [0.3, 0.4) is 0 Å². The lowest BCUT2D eigenvalue weighted by Gasteiger charge is -2.36. The number of nitrogens with zero attached hydrogens (tertiary/aromatic N) is 8. The third kappa shape index (κ3) is 6.59. The first-order valence-electron chi connectivity index (χ1n) is 15.8. The highest BCUT2D eigenvalue weighted by Gasteiger charge is 2.58. The molecule has 3 aliphatic rings. The number of ether oxygens (including phenoxy) is 1. The summed E-state index contributed by atoms with van der Waals surface area (Å²) in [4.78, 5) is 54.8. The van der Waals surface area contributed by atoms with E-state index in [1.54, 1.807) is 15.9 Å². The molecule has 1 aliphatic carbocycles. The standard InChI is InChI=1S/C31H40N10O4/c1-4-5-15-45-31(44)40-13-11-39(12-14-40)30(43)26(19(2)3)34-29(42)23-16-24(33-27(32-23)20-9-7-6-8-10-20)41-17-21-22(18-41)25(21)28-35-37-38-36-28/h6-10,16,19,21-22,25-26H,4-5,11-15,17-18H2,1-3H3,(H,34,42)(H,35,36,37,38)/t21-,22+,25-,26-/m0/s1. The van der Waals surface area contributed by atoms with Gasteiger partial charge in [0.2, 0.25) is 5.91 Å². The molecule has 0 radical (unpaired) electrons. The van der Waals surface area contributed by atoms with Crippen molar-refractivity contribution in [2.75, 3.05) is 50.8 Å². The van der Waals surface area contributed by atoms with E-state index in [0.717, 1.165) is 37.3 Å². The Morgan fingerprint density at radius 3 is 2.38 bits per heavy atom. The van der Waals surface area contributed by atoms with Gasteiger partial charge in [-0.25, -0.2) is 19.9 Å². The maximum Gasteiger partial charge on any atom is 0.409 e. The van der Waals surface area contributed by atoms with E-state index in [9.17, 15) is 14.4 Å². The van der Waals surface area contributed by atoms with Gasteiger partial charge in [0.15, 0.2) is 11.6 Å². The Hall–Kier alpha value is -4.62. The van der Waals surface area contributed by atoms with Crippen molar-refractivity contribution >= 4 is 23.7 Å². The molecule has 2 aromatic heterocycles. The Labute approximate surface area is 261 Å². The lowest BCUT2D eigenvalue weighted by Crippen LogP contribution is -2.57. The number of aromatic amines is 1. The number of tetrazole rings is 1. The first-order chi connectivity index (χ1) is 21.8. The minimum Gasteiger partial charge on any atom is -0.449 e. The summed E-state index contributed by atoms with van der Waals surface area (Å²) in [6, 6.07) is 10.5. The summed E-state index contributed by atoms with van der Waals surface area (Å²) in [6.07, 6.45) is 1.42. The quantitative estimate of drug-likeness (QED) is 0.323. The SMILES string of the molecule is CCCCOC(=O)N1CCN(C(=O)[C@@H](NC(=O)c2cc(N3C[C@@H]4[C@H](C3)[C@@H]4c3nnn[nH]3)nc(-c3ccccc3)n2)C(C)C)CC1. The fraction of sp³-hybridized carbons (Fsp3) is 0.548. The van der Waals surface area contributed by atoms with Gasteiger partial charge in [-0.05, 0) is 34.6 Å². The average molecular weight is 617 g/mol. The van der Waals surface area contributed by atoms with Crippen LogP contribution in [0, 0.1) is 17.8 Å². The predicted octanol–water partition coefficient (Wildman–Crippen LogP) is 2.34. The fourth-order valence-electron chi connectivity index (χ4n) is 6.29. The molecule has 14 heteroatoms.